The van der Waals surface area contributed by atoms with E-state index in [-0.39, 0.29) is 5.75 Å². The van der Waals surface area contributed by atoms with E-state index in [2.05, 4.69) is 4.98 Å². The third kappa shape index (κ3) is 1.95. The van der Waals surface area contributed by atoms with E-state index in [0.29, 0.717) is 5.15 Å². The van der Waals surface area contributed by atoms with Crippen molar-refractivity contribution in [2.45, 2.75) is 6.92 Å². The predicted molar refractivity (Wildman–Crippen MR) is 61.1 cm³/mol. The Morgan fingerprint density at radius 3 is 2.73 bits per heavy atom. The predicted octanol–water partition coefficient (Wildman–Crippen LogP) is 3.42. The lowest BCUT2D eigenvalue weighted by molar-refractivity contribution is 0.471. The molecule has 0 unspecified atom stereocenters. The molecule has 1 aromatic carbocycles. The summed E-state index contributed by atoms with van der Waals surface area (Å²) in [4.78, 5) is 3.99. The van der Waals surface area contributed by atoms with Crippen molar-refractivity contribution in [2.75, 3.05) is 0 Å². The summed E-state index contributed by atoms with van der Waals surface area (Å²) in [6.07, 6.45) is 1.64. The number of hydrogen-bond donors (Lipinski definition) is 1. The Bertz CT molecular complexity index is 497. The van der Waals surface area contributed by atoms with Gasteiger partial charge < -0.3 is 5.11 Å². The van der Waals surface area contributed by atoms with Crippen molar-refractivity contribution in [1.82, 2.24) is 4.98 Å². The van der Waals surface area contributed by atoms with E-state index in [4.69, 9.17) is 11.6 Å². The summed E-state index contributed by atoms with van der Waals surface area (Å²) >= 11 is 5.96. The summed E-state index contributed by atoms with van der Waals surface area (Å²) in [6.45, 7) is 1.85. The minimum atomic E-state index is 0.271. The van der Waals surface area contributed by atoms with Crippen molar-refractivity contribution >= 4 is 11.6 Å². The summed E-state index contributed by atoms with van der Waals surface area (Å²) in [5.74, 6) is 0.271. The summed E-state index contributed by atoms with van der Waals surface area (Å²) in [5, 5.41) is 10.0. The molecule has 0 atom stereocenters. The molecule has 0 radical (unpaired) electrons. The minimum Gasteiger partial charge on any atom is -0.508 e. The van der Waals surface area contributed by atoms with Crippen LogP contribution in [0.3, 0.4) is 0 Å². The monoisotopic (exact) mass is 219 g/mol. The number of aromatic hydroxyl groups is 1. The normalized spacial score (nSPS) is 10.3. The lowest BCUT2D eigenvalue weighted by atomic mass is 10.1. The first-order valence-corrected chi connectivity index (χ1v) is 4.97. The summed E-state index contributed by atoms with van der Waals surface area (Å²) in [5.41, 5.74) is 2.55. The second kappa shape index (κ2) is 3.91. The summed E-state index contributed by atoms with van der Waals surface area (Å²) in [6, 6.07) is 9.15. The fourth-order valence-electron chi connectivity index (χ4n) is 1.38. The molecular weight excluding hydrogens is 210 g/mol. The van der Waals surface area contributed by atoms with E-state index in [1.165, 1.54) is 0 Å². The highest BCUT2D eigenvalue weighted by atomic mass is 35.5. The molecule has 1 N–H and O–H groups in total. The maximum Gasteiger partial charge on any atom is 0.136 e. The number of halogens is 1. The third-order valence-electron chi connectivity index (χ3n) is 2.28. The van der Waals surface area contributed by atoms with Gasteiger partial charge in [-0.2, -0.15) is 0 Å². The third-order valence-corrected chi connectivity index (χ3v) is 2.58. The molecule has 0 saturated carbocycles. The van der Waals surface area contributed by atoms with Crippen LogP contribution < -0.4 is 0 Å². The van der Waals surface area contributed by atoms with E-state index in [1.54, 1.807) is 12.3 Å². The van der Waals surface area contributed by atoms with Crippen LogP contribution in [0.2, 0.25) is 5.15 Å². The fourth-order valence-corrected chi connectivity index (χ4v) is 1.61. The Kier molecular flexibility index (Phi) is 2.60. The number of aryl methyl sites for hydroxylation is 1. The molecule has 1 aromatic heterocycles. The number of phenols is 1. The average Bonchev–Trinajstić information content (AvgIpc) is 2.23. The first-order valence-electron chi connectivity index (χ1n) is 4.59. The van der Waals surface area contributed by atoms with E-state index in [9.17, 15) is 5.11 Å². The van der Waals surface area contributed by atoms with Gasteiger partial charge in [0.25, 0.3) is 0 Å². The standard InChI is InChI=1S/C12H10ClNO/c1-8-4-5-9(7-11(8)15)10-3-2-6-14-12(10)13/h2-7,15H,1H3. The molecule has 0 spiro atoms. The lowest BCUT2D eigenvalue weighted by Crippen LogP contribution is -1.83. The van der Waals surface area contributed by atoms with Crippen LogP contribution in [0.1, 0.15) is 5.56 Å². The topological polar surface area (TPSA) is 33.1 Å². The largest absolute Gasteiger partial charge is 0.508 e. The second-order valence-electron chi connectivity index (χ2n) is 3.34. The highest BCUT2D eigenvalue weighted by Crippen LogP contribution is 2.29. The van der Waals surface area contributed by atoms with Gasteiger partial charge in [-0.3, -0.25) is 0 Å². The van der Waals surface area contributed by atoms with Crippen molar-refractivity contribution in [2.24, 2.45) is 0 Å². The number of nitrogens with zero attached hydrogens (tertiary/aromatic N) is 1. The van der Waals surface area contributed by atoms with E-state index >= 15 is 0 Å². The molecule has 15 heavy (non-hydrogen) atoms. The molecule has 0 aliphatic carbocycles. The van der Waals surface area contributed by atoms with E-state index < -0.39 is 0 Å². The Hall–Kier alpha value is -1.54. The van der Waals surface area contributed by atoms with Crippen molar-refractivity contribution < 1.29 is 5.11 Å². The molecule has 0 aliphatic rings. The molecule has 2 aromatic rings. The summed E-state index contributed by atoms with van der Waals surface area (Å²) in [7, 11) is 0. The van der Waals surface area contributed by atoms with Crippen molar-refractivity contribution in [3.63, 3.8) is 0 Å². The number of phenolic OH excluding ortho intramolecular Hbond substituents is 1. The Morgan fingerprint density at radius 2 is 2.07 bits per heavy atom. The van der Waals surface area contributed by atoms with Crippen LogP contribution in [-0.2, 0) is 0 Å². The molecule has 0 aliphatic heterocycles. The molecule has 1 heterocycles. The van der Waals surface area contributed by atoms with Crippen LogP contribution >= 0.6 is 11.6 Å². The van der Waals surface area contributed by atoms with Gasteiger partial charge in [-0.1, -0.05) is 23.7 Å². The van der Waals surface area contributed by atoms with E-state index in [0.717, 1.165) is 16.7 Å². The van der Waals surface area contributed by atoms with Crippen molar-refractivity contribution in [3.05, 3.63) is 47.2 Å². The zero-order valence-electron chi connectivity index (χ0n) is 8.24. The molecule has 2 rings (SSSR count). The Balaban J connectivity index is 2.55. The highest BCUT2D eigenvalue weighted by molar-refractivity contribution is 6.32. The van der Waals surface area contributed by atoms with Crippen molar-refractivity contribution in [1.29, 1.82) is 0 Å². The molecule has 76 valence electrons. The number of rotatable bonds is 1. The van der Waals surface area contributed by atoms with Crippen molar-refractivity contribution in [3.8, 4) is 16.9 Å². The lowest BCUT2D eigenvalue weighted by Gasteiger charge is -2.05. The summed E-state index contributed by atoms with van der Waals surface area (Å²) < 4.78 is 0. The number of pyridine rings is 1. The molecule has 0 fully saturated rings. The molecule has 3 heteroatoms. The van der Waals surface area contributed by atoms with Gasteiger partial charge in [0.05, 0.1) is 0 Å². The van der Waals surface area contributed by atoms with Gasteiger partial charge in [-0.25, -0.2) is 4.98 Å². The minimum absolute atomic E-state index is 0.271. The second-order valence-corrected chi connectivity index (χ2v) is 3.70. The SMILES string of the molecule is Cc1ccc(-c2cccnc2Cl)cc1O. The highest BCUT2D eigenvalue weighted by Gasteiger charge is 2.05. The van der Waals surface area contributed by atoms with Gasteiger partial charge >= 0.3 is 0 Å². The molecule has 2 nitrogen and oxygen atoms in total. The Labute approximate surface area is 93.2 Å². The number of hydrogen-bond acceptors (Lipinski definition) is 2. The quantitative estimate of drug-likeness (QED) is 0.746. The molecule has 0 saturated heterocycles. The van der Waals surface area contributed by atoms with Crippen LogP contribution in [0.15, 0.2) is 36.5 Å². The zero-order chi connectivity index (χ0) is 10.8. The molecular formula is C12H10ClNO. The molecule has 0 bridgehead atoms. The fraction of sp³-hybridized carbons (Fsp3) is 0.0833. The van der Waals surface area contributed by atoms with Gasteiger partial charge in [-0.15, -0.1) is 0 Å². The van der Waals surface area contributed by atoms with Gasteiger partial charge in [0.15, 0.2) is 0 Å². The number of benzene rings is 1. The van der Waals surface area contributed by atoms with Gasteiger partial charge in [0, 0.05) is 11.8 Å². The van der Waals surface area contributed by atoms with Crippen LogP contribution in [0, 0.1) is 6.92 Å². The van der Waals surface area contributed by atoms with Crippen LogP contribution in [0.25, 0.3) is 11.1 Å². The first kappa shape index (κ1) is 9.99. The maximum atomic E-state index is 9.59. The van der Waals surface area contributed by atoms with Crippen LogP contribution in [0.5, 0.6) is 5.75 Å². The smallest absolute Gasteiger partial charge is 0.136 e. The van der Waals surface area contributed by atoms with Crippen LogP contribution in [0.4, 0.5) is 0 Å². The first-order chi connectivity index (χ1) is 7.18. The van der Waals surface area contributed by atoms with Gasteiger partial charge in [-0.05, 0) is 36.2 Å². The number of aromatic nitrogens is 1. The maximum absolute atomic E-state index is 9.59. The van der Waals surface area contributed by atoms with E-state index in [1.807, 2.05) is 31.2 Å². The van der Waals surface area contributed by atoms with Crippen LogP contribution in [-0.4, -0.2) is 10.1 Å². The zero-order valence-corrected chi connectivity index (χ0v) is 8.99. The van der Waals surface area contributed by atoms with Gasteiger partial charge in [0.1, 0.15) is 10.9 Å². The average molecular weight is 220 g/mol. The Morgan fingerprint density at radius 1 is 1.27 bits per heavy atom. The molecule has 0 amide bonds. The van der Waals surface area contributed by atoms with Gasteiger partial charge in [0.2, 0.25) is 0 Å².